The van der Waals surface area contributed by atoms with Crippen LogP contribution in [0, 0.1) is 0 Å². The van der Waals surface area contributed by atoms with Crippen molar-refractivity contribution in [2.45, 2.75) is 56.7 Å². The van der Waals surface area contributed by atoms with Gasteiger partial charge in [-0.05, 0) is 32.1 Å². The number of rotatable bonds is 4. The lowest BCUT2D eigenvalue weighted by Gasteiger charge is -2.48. The minimum absolute atomic E-state index is 0.457. The van der Waals surface area contributed by atoms with Crippen LogP contribution in [-0.4, -0.2) is 43.3 Å². The molecule has 0 spiro atoms. The molecule has 0 saturated carbocycles. The lowest BCUT2D eigenvalue weighted by molar-refractivity contribution is 0.0249. The highest BCUT2D eigenvalue weighted by atomic mass is 16.5. The molecule has 3 heteroatoms. The SMILES string of the molecule is COCCCN1C2CCCC1CC(N)C2. The molecule has 88 valence electrons. The molecule has 2 atom stereocenters. The molecule has 2 aliphatic rings. The molecule has 2 bridgehead atoms. The first kappa shape index (κ1) is 11.4. The fourth-order valence-electron chi connectivity index (χ4n) is 3.28. The topological polar surface area (TPSA) is 38.5 Å². The van der Waals surface area contributed by atoms with Crippen LogP contribution in [0.4, 0.5) is 0 Å². The number of ether oxygens (including phenoxy) is 1. The number of methoxy groups -OCH3 is 1. The lowest BCUT2D eigenvalue weighted by Crippen LogP contribution is -2.55. The van der Waals surface area contributed by atoms with E-state index < -0.39 is 0 Å². The van der Waals surface area contributed by atoms with Crippen molar-refractivity contribution in [1.82, 2.24) is 4.90 Å². The maximum absolute atomic E-state index is 6.09. The van der Waals surface area contributed by atoms with Crippen molar-refractivity contribution in [2.24, 2.45) is 5.73 Å². The van der Waals surface area contributed by atoms with Crippen LogP contribution in [0.25, 0.3) is 0 Å². The van der Waals surface area contributed by atoms with Gasteiger partial charge in [0.25, 0.3) is 0 Å². The molecular weight excluding hydrogens is 188 g/mol. The molecule has 0 amide bonds. The molecule has 2 N–H and O–H groups in total. The van der Waals surface area contributed by atoms with E-state index in [2.05, 4.69) is 4.90 Å². The Labute approximate surface area is 93.0 Å². The van der Waals surface area contributed by atoms with Crippen molar-refractivity contribution < 1.29 is 4.74 Å². The first-order valence-electron chi connectivity index (χ1n) is 6.31. The molecule has 0 aromatic carbocycles. The van der Waals surface area contributed by atoms with E-state index in [4.69, 9.17) is 10.5 Å². The van der Waals surface area contributed by atoms with Gasteiger partial charge in [-0.1, -0.05) is 6.42 Å². The summed E-state index contributed by atoms with van der Waals surface area (Å²) >= 11 is 0. The number of nitrogens with zero attached hydrogens (tertiary/aromatic N) is 1. The largest absolute Gasteiger partial charge is 0.385 e. The highest BCUT2D eigenvalue weighted by molar-refractivity contribution is 4.93. The van der Waals surface area contributed by atoms with Crippen molar-refractivity contribution in [3.05, 3.63) is 0 Å². The zero-order valence-corrected chi connectivity index (χ0v) is 9.82. The lowest BCUT2D eigenvalue weighted by atomic mass is 9.82. The van der Waals surface area contributed by atoms with Crippen molar-refractivity contribution in [3.63, 3.8) is 0 Å². The van der Waals surface area contributed by atoms with Gasteiger partial charge < -0.3 is 10.5 Å². The summed E-state index contributed by atoms with van der Waals surface area (Å²) in [7, 11) is 1.78. The average molecular weight is 212 g/mol. The monoisotopic (exact) mass is 212 g/mol. The summed E-state index contributed by atoms with van der Waals surface area (Å²) in [6.07, 6.45) is 7.71. The van der Waals surface area contributed by atoms with Gasteiger partial charge in [-0.2, -0.15) is 0 Å². The fourth-order valence-corrected chi connectivity index (χ4v) is 3.28. The Morgan fingerprint density at radius 1 is 1.27 bits per heavy atom. The van der Waals surface area contributed by atoms with Crippen LogP contribution in [0.15, 0.2) is 0 Å². The van der Waals surface area contributed by atoms with Crippen LogP contribution in [-0.2, 0) is 4.74 Å². The van der Waals surface area contributed by atoms with E-state index >= 15 is 0 Å². The highest BCUT2D eigenvalue weighted by Gasteiger charge is 2.36. The second-order valence-electron chi connectivity index (χ2n) is 5.05. The van der Waals surface area contributed by atoms with E-state index in [1.807, 2.05) is 0 Å². The number of hydrogen-bond donors (Lipinski definition) is 1. The predicted molar refractivity (Wildman–Crippen MR) is 61.8 cm³/mol. The zero-order chi connectivity index (χ0) is 10.7. The molecule has 0 aliphatic carbocycles. The molecule has 2 unspecified atom stereocenters. The third-order valence-electron chi connectivity index (χ3n) is 3.93. The normalized spacial score (nSPS) is 36.8. The minimum atomic E-state index is 0.457. The molecule has 15 heavy (non-hydrogen) atoms. The molecule has 2 heterocycles. The number of nitrogens with two attached hydrogens (primary N) is 1. The number of piperidine rings is 2. The summed E-state index contributed by atoms with van der Waals surface area (Å²) in [5.74, 6) is 0. The third kappa shape index (κ3) is 2.71. The Morgan fingerprint density at radius 3 is 2.53 bits per heavy atom. The summed E-state index contributed by atoms with van der Waals surface area (Å²) in [4.78, 5) is 2.70. The molecule has 3 nitrogen and oxygen atoms in total. The molecular formula is C12H24N2O. The van der Waals surface area contributed by atoms with Crippen LogP contribution in [0.1, 0.15) is 38.5 Å². The Hall–Kier alpha value is -0.120. The third-order valence-corrected chi connectivity index (χ3v) is 3.93. The van der Waals surface area contributed by atoms with E-state index in [0.29, 0.717) is 6.04 Å². The van der Waals surface area contributed by atoms with Crippen molar-refractivity contribution >= 4 is 0 Å². The molecule has 0 aromatic rings. The Balaban J connectivity index is 1.86. The Morgan fingerprint density at radius 2 is 1.93 bits per heavy atom. The maximum Gasteiger partial charge on any atom is 0.0474 e. The van der Waals surface area contributed by atoms with E-state index in [0.717, 1.165) is 18.7 Å². The summed E-state index contributed by atoms with van der Waals surface area (Å²) in [5.41, 5.74) is 6.09. The van der Waals surface area contributed by atoms with Gasteiger partial charge in [0.05, 0.1) is 0 Å². The second-order valence-corrected chi connectivity index (χ2v) is 5.05. The predicted octanol–water partition coefficient (Wildman–Crippen LogP) is 1.37. The quantitative estimate of drug-likeness (QED) is 0.715. The van der Waals surface area contributed by atoms with Crippen LogP contribution >= 0.6 is 0 Å². The van der Waals surface area contributed by atoms with Gasteiger partial charge in [0.1, 0.15) is 0 Å². The van der Waals surface area contributed by atoms with Gasteiger partial charge >= 0.3 is 0 Å². The van der Waals surface area contributed by atoms with Crippen LogP contribution < -0.4 is 5.73 Å². The Bertz CT molecular complexity index is 184. The van der Waals surface area contributed by atoms with E-state index in [1.165, 1.54) is 45.1 Å². The van der Waals surface area contributed by atoms with Crippen LogP contribution in [0.3, 0.4) is 0 Å². The summed E-state index contributed by atoms with van der Waals surface area (Å²) in [6, 6.07) is 1.99. The molecule has 0 radical (unpaired) electrons. The first-order chi connectivity index (χ1) is 7.31. The summed E-state index contributed by atoms with van der Waals surface area (Å²) < 4.78 is 5.12. The highest BCUT2D eigenvalue weighted by Crippen LogP contribution is 2.33. The fraction of sp³-hybridized carbons (Fsp3) is 1.00. The van der Waals surface area contributed by atoms with Crippen LogP contribution in [0.5, 0.6) is 0 Å². The van der Waals surface area contributed by atoms with Gasteiger partial charge in [0.2, 0.25) is 0 Å². The van der Waals surface area contributed by atoms with E-state index in [-0.39, 0.29) is 0 Å². The molecule has 2 saturated heterocycles. The number of fused-ring (bicyclic) bond motifs is 2. The van der Waals surface area contributed by atoms with E-state index in [9.17, 15) is 0 Å². The summed E-state index contributed by atoms with van der Waals surface area (Å²) in [5, 5.41) is 0. The maximum atomic E-state index is 6.09. The summed E-state index contributed by atoms with van der Waals surface area (Å²) in [6.45, 7) is 2.10. The van der Waals surface area contributed by atoms with Gasteiger partial charge in [0.15, 0.2) is 0 Å². The minimum Gasteiger partial charge on any atom is -0.385 e. The second kappa shape index (κ2) is 5.28. The van der Waals surface area contributed by atoms with Crippen LogP contribution in [0.2, 0.25) is 0 Å². The Kier molecular flexibility index (Phi) is 4.00. The zero-order valence-electron chi connectivity index (χ0n) is 9.82. The smallest absolute Gasteiger partial charge is 0.0474 e. The van der Waals surface area contributed by atoms with Crippen molar-refractivity contribution in [3.8, 4) is 0 Å². The van der Waals surface area contributed by atoms with Gasteiger partial charge in [-0.15, -0.1) is 0 Å². The van der Waals surface area contributed by atoms with Gasteiger partial charge in [0, 0.05) is 38.4 Å². The van der Waals surface area contributed by atoms with Crippen molar-refractivity contribution in [1.29, 1.82) is 0 Å². The van der Waals surface area contributed by atoms with Gasteiger partial charge in [-0.3, -0.25) is 4.90 Å². The average Bonchev–Trinajstić information content (AvgIpc) is 2.19. The van der Waals surface area contributed by atoms with Gasteiger partial charge in [-0.25, -0.2) is 0 Å². The standard InChI is InChI=1S/C12H24N2O/c1-15-7-3-6-14-11-4-2-5-12(14)9-10(13)8-11/h10-12H,2-9,13H2,1H3. The van der Waals surface area contributed by atoms with E-state index in [1.54, 1.807) is 7.11 Å². The first-order valence-corrected chi connectivity index (χ1v) is 6.31. The molecule has 2 fully saturated rings. The number of hydrogen-bond acceptors (Lipinski definition) is 3. The molecule has 2 aliphatic heterocycles. The molecule has 2 rings (SSSR count). The molecule has 0 aromatic heterocycles. The van der Waals surface area contributed by atoms with Crippen molar-refractivity contribution in [2.75, 3.05) is 20.3 Å².